The largest absolute Gasteiger partial charge is 0.497 e. The fourth-order valence-electron chi connectivity index (χ4n) is 3.00. The molecule has 10 heteroatoms. The van der Waals surface area contributed by atoms with Crippen LogP contribution in [0.5, 0.6) is 17.2 Å². The molecule has 0 aliphatic rings. The molecule has 0 fully saturated rings. The zero-order chi connectivity index (χ0) is 33.4. The van der Waals surface area contributed by atoms with Gasteiger partial charge in [-0.3, -0.25) is 4.39 Å². The Labute approximate surface area is 264 Å². The molecule has 0 saturated carbocycles. The molecule has 0 saturated heterocycles. The van der Waals surface area contributed by atoms with Gasteiger partial charge in [-0.15, -0.1) is 0 Å². The van der Waals surface area contributed by atoms with Crippen molar-refractivity contribution >= 4 is 29.2 Å². The molecule has 0 aromatic heterocycles. The van der Waals surface area contributed by atoms with E-state index in [2.05, 4.69) is 13.8 Å². The quantitative estimate of drug-likeness (QED) is 0.250. The second-order valence-corrected chi connectivity index (χ2v) is 9.80. The van der Waals surface area contributed by atoms with E-state index in [1.54, 1.807) is 33.1 Å². The lowest BCUT2D eigenvalue weighted by Crippen LogP contribution is -2.40. The van der Waals surface area contributed by atoms with Crippen molar-refractivity contribution in [2.24, 2.45) is 0 Å². The number of carboxylic acid groups (broad SMARTS) is 1. The van der Waals surface area contributed by atoms with Gasteiger partial charge in [0.25, 0.3) is 0 Å². The Hall–Kier alpha value is -3.10. The fourth-order valence-corrected chi connectivity index (χ4v) is 3.29. The fraction of sp³-hybridized carbons (Fsp3) is 0.424. The van der Waals surface area contributed by atoms with Gasteiger partial charge in [-0.1, -0.05) is 69.5 Å². The average molecular weight is 650 g/mol. The highest BCUT2D eigenvalue weighted by Crippen LogP contribution is 2.30. The Balaban J connectivity index is 0. The van der Waals surface area contributed by atoms with Crippen molar-refractivity contribution in [2.45, 2.75) is 73.0 Å². The Kier molecular flexibility index (Phi) is 23.8. The SMILES string of the molecule is CCC.CCc1ccc(Cl)c(OC(C)(CC)C(=O)O)c1.CF.COc1ccc(COc2ccc(Cl)cc2)c(C)c1.FCF. The van der Waals surface area contributed by atoms with Gasteiger partial charge in [-0.25, -0.2) is 13.6 Å². The second kappa shape index (κ2) is 24.4. The van der Waals surface area contributed by atoms with Crippen LogP contribution >= 0.6 is 23.2 Å². The number of aryl methyl sites for hydroxylation is 2. The third-order valence-corrected chi connectivity index (χ3v) is 6.19. The number of ether oxygens (including phenoxy) is 3. The summed E-state index contributed by atoms with van der Waals surface area (Å²) in [6.45, 7) is 10.4. The molecule has 0 spiro atoms. The van der Waals surface area contributed by atoms with Crippen LogP contribution in [0.25, 0.3) is 0 Å². The van der Waals surface area contributed by atoms with Crippen LogP contribution in [0, 0.1) is 6.92 Å². The Morgan fingerprint density at radius 2 is 1.44 bits per heavy atom. The van der Waals surface area contributed by atoms with Gasteiger partial charge in [0.2, 0.25) is 12.5 Å². The molecule has 3 aromatic rings. The van der Waals surface area contributed by atoms with E-state index in [-0.39, 0.29) is 0 Å². The summed E-state index contributed by atoms with van der Waals surface area (Å²) in [6, 6.07) is 18.7. The van der Waals surface area contributed by atoms with Gasteiger partial charge in [0, 0.05) is 5.02 Å². The maximum atomic E-state index is 11.2. The van der Waals surface area contributed by atoms with Gasteiger partial charge in [0.05, 0.1) is 19.3 Å². The lowest BCUT2D eigenvalue weighted by molar-refractivity contribution is -0.154. The number of halogens is 5. The zero-order valence-electron chi connectivity index (χ0n) is 26.3. The summed E-state index contributed by atoms with van der Waals surface area (Å²) in [7, 11) is 2.17. The van der Waals surface area contributed by atoms with Crippen molar-refractivity contribution in [3.05, 3.63) is 87.4 Å². The molecule has 3 aromatic carbocycles. The molecular formula is C33H45Cl2F3O5. The maximum Gasteiger partial charge on any atom is 0.347 e. The normalized spacial score (nSPS) is 10.8. The predicted octanol–water partition coefficient (Wildman–Crippen LogP) is 10.7. The van der Waals surface area contributed by atoms with Crippen LogP contribution in [0.15, 0.2) is 60.7 Å². The monoisotopic (exact) mass is 648 g/mol. The van der Waals surface area contributed by atoms with Crippen LogP contribution in [0.3, 0.4) is 0 Å². The van der Waals surface area contributed by atoms with Crippen molar-refractivity contribution < 1.29 is 37.3 Å². The number of hydrogen-bond acceptors (Lipinski definition) is 4. The Bertz CT molecular complexity index is 1160. The molecule has 0 amide bonds. The number of carboxylic acids is 1. The van der Waals surface area contributed by atoms with Crippen LogP contribution in [0.1, 0.15) is 64.2 Å². The molecule has 3 rings (SSSR count). The van der Waals surface area contributed by atoms with Crippen molar-refractivity contribution in [3.8, 4) is 17.2 Å². The maximum absolute atomic E-state index is 11.2. The van der Waals surface area contributed by atoms with E-state index in [1.165, 1.54) is 6.42 Å². The molecule has 0 heterocycles. The van der Waals surface area contributed by atoms with Gasteiger partial charge in [0.1, 0.15) is 23.9 Å². The number of hydrogen-bond donors (Lipinski definition) is 1. The smallest absolute Gasteiger partial charge is 0.347 e. The number of methoxy groups -OCH3 is 1. The van der Waals surface area contributed by atoms with Crippen molar-refractivity contribution in [1.82, 2.24) is 0 Å². The van der Waals surface area contributed by atoms with Crippen LogP contribution in [0.2, 0.25) is 10.0 Å². The summed E-state index contributed by atoms with van der Waals surface area (Å²) in [6.07, 6.45) is 2.47. The zero-order valence-corrected chi connectivity index (χ0v) is 27.8. The molecule has 1 N–H and O–H groups in total. The highest BCUT2D eigenvalue weighted by Gasteiger charge is 2.34. The first-order valence-electron chi connectivity index (χ1n) is 13.7. The third kappa shape index (κ3) is 17.0. The number of carbonyl (C=O) groups is 1. The Morgan fingerprint density at radius 1 is 0.907 bits per heavy atom. The molecule has 1 atom stereocenters. The van der Waals surface area contributed by atoms with Gasteiger partial charge in [0.15, 0.2) is 0 Å². The van der Waals surface area contributed by atoms with Crippen LogP contribution in [-0.2, 0) is 17.8 Å². The number of alkyl halides is 3. The first-order valence-corrected chi connectivity index (χ1v) is 14.4. The first kappa shape index (κ1) is 42.0. The van der Waals surface area contributed by atoms with Gasteiger partial charge < -0.3 is 19.3 Å². The predicted molar refractivity (Wildman–Crippen MR) is 171 cm³/mol. The molecule has 0 radical (unpaired) electrons. The summed E-state index contributed by atoms with van der Waals surface area (Å²) < 4.78 is 45.2. The lowest BCUT2D eigenvalue weighted by atomic mass is 10.0. The van der Waals surface area contributed by atoms with E-state index in [0.29, 0.717) is 36.0 Å². The van der Waals surface area contributed by atoms with E-state index in [1.807, 2.05) is 62.4 Å². The van der Waals surface area contributed by atoms with Gasteiger partial charge in [-0.2, -0.15) is 0 Å². The summed E-state index contributed by atoms with van der Waals surface area (Å²) in [5.74, 6) is 1.12. The summed E-state index contributed by atoms with van der Waals surface area (Å²) in [4.78, 5) is 11.2. The van der Waals surface area contributed by atoms with E-state index in [4.69, 9.17) is 42.5 Å². The molecule has 1 unspecified atom stereocenters. The lowest BCUT2D eigenvalue weighted by Gasteiger charge is -2.25. The number of benzene rings is 3. The highest BCUT2D eigenvalue weighted by atomic mass is 35.5. The van der Waals surface area contributed by atoms with E-state index in [9.17, 15) is 18.0 Å². The average Bonchev–Trinajstić information content (AvgIpc) is 3.00. The summed E-state index contributed by atoms with van der Waals surface area (Å²) in [5, 5.41) is 10.3. The van der Waals surface area contributed by atoms with Gasteiger partial charge >= 0.3 is 5.97 Å². The van der Waals surface area contributed by atoms with Crippen molar-refractivity contribution in [2.75, 3.05) is 21.2 Å². The standard InChI is InChI=1S/C15H15ClO2.C13H17ClO3.C3H8.CH2F2.CH3F/c1-11-9-15(17-2)6-3-12(11)10-18-14-7-4-13(16)5-8-14;1-4-9-6-7-10(14)11(8-9)17-13(3,5-2)12(15)16;1-3-2;2-1-3;1-2/h3-9H,10H2,1-2H3;6-8H,4-5H2,1-3H3,(H,15,16);3H2,1-2H3;1H2;1H3. The van der Waals surface area contributed by atoms with E-state index < -0.39 is 18.5 Å². The minimum absolute atomic E-state index is 0.370. The molecule has 43 heavy (non-hydrogen) atoms. The molecular weight excluding hydrogens is 604 g/mol. The molecule has 5 nitrogen and oxygen atoms in total. The molecule has 242 valence electrons. The van der Waals surface area contributed by atoms with Crippen LogP contribution in [0.4, 0.5) is 13.2 Å². The summed E-state index contributed by atoms with van der Waals surface area (Å²) >= 11 is 11.8. The topological polar surface area (TPSA) is 65.0 Å². The molecule has 0 bridgehead atoms. The number of aliphatic carboxylic acids is 1. The third-order valence-electron chi connectivity index (χ3n) is 5.62. The Morgan fingerprint density at radius 3 is 1.88 bits per heavy atom. The first-order chi connectivity index (χ1) is 20.4. The minimum atomic E-state index is -1.75. The molecule has 0 aliphatic carbocycles. The highest BCUT2D eigenvalue weighted by molar-refractivity contribution is 6.32. The van der Waals surface area contributed by atoms with Crippen LogP contribution in [-0.4, -0.2) is 37.9 Å². The van der Waals surface area contributed by atoms with Crippen molar-refractivity contribution in [1.29, 1.82) is 0 Å². The molecule has 0 aliphatic heterocycles. The minimum Gasteiger partial charge on any atom is -0.497 e. The van der Waals surface area contributed by atoms with Gasteiger partial charge in [-0.05, 0) is 91.9 Å². The summed E-state index contributed by atoms with van der Waals surface area (Å²) in [5.41, 5.74) is 2.12. The number of rotatable bonds is 9. The van der Waals surface area contributed by atoms with Crippen LogP contribution < -0.4 is 14.2 Å². The second-order valence-electron chi connectivity index (χ2n) is 8.95. The van der Waals surface area contributed by atoms with E-state index >= 15 is 0 Å². The van der Waals surface area contributed by atoms with Crippen molar-refractivity contribution in [3.63, 3.8) is 0 Å². The van der Waals surface area contributed by atoms with E-state index in [0.717, 1.165) is 34.6 Å².